The maximum Gasteiger partial charge on any atom is 0.0914 e. The minimum absolute atomic E-state index is 0. The van der Waals surface area contributed by atoms with Crippen LogP contribution in [0.5, 0.6) is 0 Å². The molecule has 1 aliphatic heterocycles. The van der Waals surface area contributed by atoms with Gasteiger partial charge in [-0.25, -0.2) is 0 Å². The molecule has 1 nitrogen and oxygen atoms in total. The van der Waals surface area contributed by atoms with Gasteiger partial charge in [0.2, 0.25) is 0 Å². The van der Waals surface area contributed by atoms with Crippen LogP contribution >= 0.6 is 11.8 Å². The monoisotopic (exact) mass is 507 g/mol. The van der Waals surface area contributed by atoms with E-state index in [1.54, 1.807) is 0 Å². The van der Waals surface area contributed by atoms with Gasteiger partial charge in [0, 0.05) is 36.8 Å². The molecule has 0 unspecified atom stereocenters. The van der Waals surface area contributed by atoms with Gasteiger partial charge in [-0.15, -0.1) is 35.3 Å². The van der Waals surface area contributed by atoms with Crippen LogP contribution in [0.25, 0.3) is 32.4 Å². The molecule has 1 aromatic heterocycles. The molecule has 24 heavy (non-hydrogen) atoms. The Bertz CT molecular complexity index is 1100. The van der Waals surface area contributed by atoms with E-state index < -0.39 is 0 Å². The predicted octanol–water partition coefficient (Wildman–Crippen LogP) is 5.72. The maximum atomic E-state index is 5.02. The summed E-state index contributed by atoms with van der Waals surface area (Å²) in [5, 5.41) is 7.15. The number of nitrogens with zero attached hydrogens (tertiary/aromatic N) is 1. The zero-order chi connectivity index (χ0) is 15.6. The number of fused-ring (bicyclic) bond motifs is 5. The van der Waals surface area contributed by atoms with Crippen LogP contribution in [0.1, 0.15) is 19.4 Å². The summed E-state index contributed by atoms with van der Waals surface area (Å²) in [7, 11) is 0. The second kappa shape index (κ2) is 5.56. The molecule has 0 atom stereocenters. The van der Waals surface area contributed by atoms with Gasteiger partial charge in [-0.05, 0) is 10.9 Å². The number of benzene rings is 3. The average molecular weight is 507 g/mol. The molecule has 0 amide bonds. The van der Waals surface area contributed by atoms with Crippen molar-refractivity contribution >= 4 is 44.2 Å². The summed E-state index contributed by atoms with van der Waals surface area (Å²) in [6.07, 6.45) is 0. The second-order valence-corrected chi connectivity index (χ2v) is 7.94. The number of pyridine rings is 1. The summed E-state index contributed by atoms with van der Waals surface area (Å²) < 4.78 is 0. The van der Waals surface area contributed by atoms with E-state index in [0.29, 0.717) is 0 Å². The van der Waals surface area contributed by atoms with E-state index in [-0.39, 0.29) is 25.5 Å². The summed E-state index contributed by atoms with van der Waals surface area (Å²) in [4.78, 5) is 5.02. The van der Waals surface area contributed by atoms with Crippen molar-refractivity contribution < 1.29 is 20.1 Å². The van der Waals surface area contributed by atoms with Crippen molar-refractivity contribution in [3.8, 4) is 0 Å². The normalized spacial score (nSPS) is 15.6. The SMILES string of the molecule is CC1(C)CSc2nc3c(ccc4cc5ccccc5[c-]c43)cc21.[Ir]. The summed E-state index contributed by atoms with van der Waals surface area (Å²) >= 11 is 1.88. The summed E-state index contributed by atoms with van der Waals surface area (Å²) in [6.45, 7) is 4.61. The first-order valence-corrected chi connectivity index (χ1v) is 8.92. The molecule has 5 rings (SSSR count). The van der Waals surface area contributed by atoms with Crippen molar-refractivity contribution in [2.75, 3.05) is 5.75 Å². The third-order valence-electron chi connectivity index (χ3n) is 4.82. The Labute approximate surface area is 159 Å². The number of thioether (sulfide) groups is 1. The Balaban J connectivity index is 0.00000146. The second-order valence-electron chi connectivity index (χ2n) is 6.97. The minimum atomic E-state index is 0. The van der Waals surface area contributed by atoms with Crippen LogP contribution in [0.15, 0.2) is 53.6 Å². The van der Waals surface area contributed by atoms with E-state index in [1.165, 1.54) is 26.7 Å². The number of hydrogen-bond donors (Lipinski definition) is 0. The molecule has 2 heterocycles. The standard InChI is InChI=1S/C21H16NS.Ir/c1-21(2)12-23-20-18(21)11-16-8-7-15-9-13-5-3-4-6-14(13)10-17(15)19(16)22-20;/h3-9,11H,12H2,1-2H3;/q-1;. The fraction of sp³-hybridized carbons (Fsp3) is 0.190. The molecule has 3 heteroatoms. The van der Waals surface area contributed by atoms with Gasteiger partial charge in [-0.2, -0.15) is 0 Å². The van der Waals surface area contributed by atoms with E-state index >= 15 is 0 Å². The first-order valence-electron chi connectivity index (χ1n) is 7.94. The van der Waals surface area contributed by atoms with Gasteiger partial charge < -0.3 is 0 Å². The predicted molar refractivity (Wildman–Crippen MR) is 99.3 cm³/mol. The Kier molecular flexibility index (Phi) is 3.72. The van der Waals surface area contributed by atoms with Gasteiger partial charge in [0.05, 0.1) is 5.03 Å². The summed E-state index contributed by atoms with van der Waals surface area (Å²) in [5.41, 5.74) is 2.68. The van der Waals surface area contributed by atoms with Crippen LogP contribution in [0.2, 0.25) is 0 Å². The van der Waals surface area contributed by atoms with Crippen molar-refractivity contribution in [2.24, 2.45) is 0 Å². The van der Waals surface area contributed by atoms with E-state index in [0.717, 1.165) is 22.0 Å². The number of rotatable bonds is 0. The Hall–Kier alpha value is -1.41. The zero-order valence-corrected chi connectivity index (χ0v) is 16.7. The molecule has 0 fully saturated rings. The molecular weight excluding hydrogens is 491 g/mol. The third-order valence-corrected chi connectivity index (χ3v) is 6.27. The van der Waals surface area contributed by atoms with Gasteiger partial charge in [0.1, 0.15) is 0 Å². The van der Waals surface area contributed by atoms with Gasteiger partial charge >= 0.3 is 0 Å². The van der Waals surface area contributed by atoms with Gasteiger partial charge in [-0.1, -0.05) is 66.4 Å². The fourth-order valence-corrected chi connectivity index (χ4v) is 4.75. The largest absolute Gasteiger partial charge is 0.279 e. The molecule has 4 aromatic rings. The summed E-state index contributed by atoms with van der Waals surface area (Å²) in [5.74, 6) is 1.11. The van der Waals surface area contributed by atoms with E-state index in [4.69, 9.17) is 4.98 Å². The molecule has 1 aliphatic rings. The van der Waals surface area contributed by atoms with Crippen LogP contribution in [0.4, 0.5) is 0 Å². The molecule has 0 saturated heterocycles. The van der Waals surface area contributed by atoms with Crippen LogP contribution in [0, 0.1) is 6.07 Å². The maximum absolute atomic E-state index is 5.02. The minimum Gasteiger partial charge on any atom is -0.279 e. The van der Waals surface area contributed by atoms with E-state index in [9.17, 15) is 0 Å². The van der Waals surface area contributed by atoms with Gasteiger partial charge in [-0.3, -0.25) is 4.98 Å². The van der Waals surface area contributed by atoms with Crippen molar-refractivity contribution in [2.45, 2.75) is 24.3 Å². The van der Waals surface area contributed by atoms with Crippen molar-refractivity contribution in [3.05, 3.63) is 60.2 Å². The number of hydrogen-bond acceptors (Lipinski definition) is 2. The van der Waals surface area contributed by atoms with E-state index in [2.05, 4.69) is 68.4 Å². The molecule has 0 saturated carbocycles. The molecule has 0 spiro atoms. The van der Waals surface area contributed by atoms with Crippen LogP contribution < -0.4 is 0 Å². The molecule has 3 aromatic carbocycles. The first-order chi connectivity index (χ1) is 11.1. The number of aromatic nitrogens is 1. The van der Waals surface area contributed by atoms with Crippen molar-refractivity contribution in [1.82, 2.24) is 4.98 Å². The molecule has 0 N–H and O–H groups in total. The van der Waals surface area contributed by atoms with Crippen molar-refractivity contribution in [3.63, 3.8) is 0 Å². The average Bonchev–Trinajstić information content (AvgIpc) is 2.86. The third kappa shape index (κ3) is 2.30. The topological polar surface area (TPSA) is 12.9 Å². The molecule has 121 valence electrons. The van der Waals surface area contributed by atoms with Gasteiger partial charge in [0.25, 0.3) is 0 Å². The Morgan fingerprint density at radius 2 is 1.79 bits per heavy atom. The molecular formula is C21H16IrNS-. The molecule has 0 aliphatic carbocycles. The zero-order valence-electron chi connectivity index (χ0n) is 13.5. The van der Waals surface area contributed by atoms with Crippen LogP contribution in [-0.4, -0.2) is 10.7 Å². The fourth-order valence-electron chi connectivity index (χ4n) is 3.45. The smallest absolute Gasteiger partial charge is 0.0914 e. The molecule has 0 bridgehead atoms. The van der Waals surface area contributed by atoms with Crippen molar-refractivity contribution in [1.29, 1.82) is 0 Å². The summed E-state index contributed by atoms with van der Waals surface area (Å²) in [6, 6.07) is 21.0. The quantitative estimate of drug-likeness (QED) is 0.172. The first kappa shape index (κ1) is 16.1. The van der Waals surface area contributed by atoms with E-state index in [1.807, 2.05) is 11.8 Å². The van der Waals surface area contributed by atoms with Crippen LogP contribution in [-0.2, 0) is 25.5 Å². The Morgan fingerprint density at radius 1 is 1.00 bits per heavy atom. The van der Waals surface area contributed by atoms with Crippen LogP contribution in [0.3, 0.4) is 0 Å². The Morgan fingerprint density at radius 3 is 2.67 bits per heavy atom. The molecule has 1 radical (unpaired) electrons. The van der Waals surface area contributed by atoms with Gasteiger partial charge in [0.15, 0.2) is 0 Å².